The van der Waals surface area contributed by atoms with Gasteiger partial charge in [-0.05, 0) is 63.6 Å². The number of carbonyl (C=O) groups is 1. The molecule has 0 N–H and O–H groups in total. The van der Waals surface area contributed by atoms with Gasteiger partial charge in [0.2, 0.25) is 5.91 Å². The van der Waals surface area contributed by atoms with Crippen molar-refractivity contribution in [1.82, 2.24) is 19.9 Å². The molecule has 0 aromatic carbocycles. The Morgan fingerprint density at radius 3 is 2.79 bits per heavy atom. The molecule has 2 fully saturated rings. The Bertz CT molecular complexity index is 896. The summed E-state index contributed by atoms with van der Waals surface area (Å²) >= 11 is 0. The first-order valence-corrected chi connectivity index (χ1v) is 11.0. The fourth-order valence-corrected chi connectivity index (χ4v) is 4.70. The largest absolute Gasteiger partial charge is 0.293 e. The Hall–Kier alpha value is -2.34. The summed E-state index contributed by atoms with van der Waals surface area (Å²) in [4.78, 5) is 31.6. The molecule has 1 aliphatic carbocycles. The molecule has 5 rings (SSSR count). The average molecular weight is 392 g/mol. The zero-order valence-electron chi connectivity index (χ0n) is 17.2. The van der Waals surface area contributed by atoms with Crippen LogP contribution in [0.1, 0.15) is 67.3 Å². The number of likely N-dealkylation sites (tertiary alicyclic amines) is 1. The number of amides is 1. The molecule has 1 amide bonds. The van der Waals surface area contributed by atoms with E-state index in [-0.39, 0.29) is 11.9 Å². The lowest BCUT2D eigenvalue weighted by molar-refractivity contribution is -0.119. The first-order chi connectivity index (χ1) is 14.2. The molecule has 0 bridgehead atoms. The van der Waals surface area contributed by atoms with E-state index in [2.05, 4.69) is 16.8 Å². The van der Waals surface area contributed by atoms with Crippen molar-refractivity contribution in [2.45, 2.75) is 64.5 Å². The van der Waals surface area contributed by atoms with Crippen molar-refractivity contribution in [3.05, 3.63) is 47.2 Å². The van der Waals surface area contributed by atoms with E-state index in [1.807, 2.05) is 23.1 Å². The molecule has 2 aliphatic heterocycles. The molecule has 29 heavy (non-hydrogen) atoms. The SMILES string of the molecule is Cc1nc([C@H]2CCCCN2CC2CC2)nc2c1CCC(=O)N2Cc1ccccn1. The van der Waals surface area contributed by atoms with Crippen molar-refractivity contribution in [2.75, 3.05) is 18.0 Å². The van der Waals surface area contributed by atoms with Gasteiger partial charge < -0.3 is 0 Å². The van der Waals surface area contributed by atoms with Crippen LogP contribution in [-0.4, -0.2) is 38.8 Å². The number of carbonyl (C=O) groups excluding carboxylic acids is 1. The Balaban J connectivity index is 1.49. The Morgan fingerprint density at radius 1 is 1.10 bits per heavy atom. The fourth-order valence-electron chi connectivity index (χ4n) is 4.70. The normalized spacial score (nSPS) is 22.6. The molecule has 6 heteroatoms. The molecule has 1 saturated heterocycles. The minimum atomic E-state index is 0.130. The van der Waals surface area contributed by atoms with Gasteiger partial charge in [-0.3, -0.25) is 19.6 Å². The summed E-state index contributed by atoms with van der Waals surface area (Å²) in [5.74, 6) is 2.70. The summed E-state index contributed by atoms with van der Waals surface area (Å²) in [5, 5.41) is 0. The molecule has 2 aromatic rings. The summed E-state index contributed by atoms with van der Waals surface area (Å²) in [7, 11) is 0. The van der Waals surface area contributed by atoms with E-state index in [4.69, 9.17) is 9.97 Å². The standard InChI is InChI=1S/C23H29N5O/c1-16-19-10-11-21(29)28(15-18-6-2-4-12-24-18)23(19)26-22(25-16)20-7-3-5-13-27(20)14-17-8-9-17/h2,4,6,12,17,20H,3,5,7-11,13-15H2,1H3/t20-/m1/s1. The Morgan fingerprint density at radius 2 is 2.00 bits per heavy atom. The van der Waals surface area contributed by atoms with E-state index in [0.717, 1.165) is 53.9 Å². The van der Waals surface area contributed by atoms with E-state index < -0.39 is 0 Å². The van der Waals surface area contributed by atoms with Crippen LogP contribution < -0.4 is 4.90 Å². The summed E-state index contributed by atoms with van der Waals surface area (Å²) in [6.45, 7) is 4.85. The molecule has 152 valence electrons. The number of hydrogen-bond acceptors (Lipinski definition) is 5. The number of fused-ring (bicyclic) bond motifs is 1. The molecule has 6 nitrogen and oxygen atoms in total. The summed E-state index contributed by atoms with van der Waals surface area (Å²) in [6, 6.07) is 6.11. The molecule has 0 spiro atoms. The van der Waals surface area contributed by atoms with Crippen LogP contribution in [0.5, 0.6) is 0 Å². The van der Waals surface area contributed by atoms with Crippen molar-refractivity contribution < 1.29 is 4.79 Å². The number of pyridine rings is 1. The van der Waals surface area contributed by atoms with E-state index in [1.165, 1.54) is 32.2 Å². The van der Waals surface area contributed by atoms with Gasteiger partial charge in [0.25, 0.3) is 0 Å². The first kappa shape index (κ1) is 18.7. The second-order valence-corrected chi connectivity index (χ2v) is 8.72. The number of aryl methyl sites for hydroxylation is 1. The van der Waals surface area contributed by atoms with Crippen LogP contribution in [0, 0.1) is 12.8 Å². The minimum Gasteiger partial charge on any atom is -0.293 e. The highest BCUT2D eigenvalue weighted by Crippen LogP contribution is 2.37. The van der Waals surface area contributed by atoms with Crippen LogP contribution in [0.25, 0.3) is 0 Å². The van der Waals surface area contributed by atoms with Crippen molar-refractivity contribution in [3.63, 3.8) is 0 Å². The van der Waals surface area contributed by atoms with Gasteiger partial charge in [-0.1, -0.05) is 12.5 Å². The van der Waals surface area contributed by atoms with Gasteiger partial charge in [0, 0.05) is 30.4 Å². The number of anilines is 1. The van der Waals surface area contributed by atoms with E-state index in [0.29, 0.717) is 13.0 Å². The molecule has 4 heterocycles. The van der Waals surface area contributed by atoms with Crippen molar-refractivity contribution in [2.24, 2.45) is 5.92 Å². The van der Waals surface area contributed by atoms with Gasteiger partial charge in [-0.2, -0.15) is 0 Å². The third-order valence-corrected chi connectivity index (χ3v) is 6.50. The third kappa shape index (κ3) is 3.90. The van der Waals surface area contributed by atoms with Crippen LogP contribution in [0.15, 0.2) is 24.4 Å². The van der Waals surface area contributed by atoms with Crippen LogP contribution in [0.3, 0.4) is 0 Å². The number of piperidine rings is 1. The van der Waals surface area contributed by atoms with E-state index >= 15 is 0 Å². The molecule has 1 atom stereocenters. The van der Waals surface area contributed by atoms with Gasteiger partial charge in [0.05, 0.1) is 18.3 Å². The maximum Gasteiger partial charge on any atom is 0.228 e. The van der Waals surface area contributed by atoms with Crippen LogP contribution in [0.2, 0.25) is 0 Å². The number of nitrogens with zero attached hydrogens (tertiary/aromatic N) is 5. The monoisotopic (exact) mass is 391 g/mol. The van der Waals surface area contributed by atoms with Gasteiger partial charge in [0.15, 0.2) is 0 Å². The second-order valence-electron chi connectivity index (χ2n) is 8.72. The second kappa shape index (κ2) is 7.82. The zero-order chi connectivity index (χ0) is 19.8. The summed E-state index contributed by atoms with van der Waals surface area (Å²) in [6.07, 6.45) is 9.34. The molecule has 3 aliphatic rings. The summed E-state index contributed by atoms with van der Waals surface area (Å²) < 4.78 is 0. The zero-order valence-corrected chi connectivity index (χ0v) is 17.2. The number of hydrogen-bond donors (Lipinski definition) is 0. The highest BCUT2D eigenvalue weighted by molar-refractivity contribution is 5.95. The van der Waals surface area contributed by atoms with Gasteiger partial charge in [-0.15, -0.1) is 0 Å². The van der Waals surface area contributed by atoms with Crippen molar-refractivity contribution >= 4 is 11.7 Å². The smallest absolute Gasteiger partial charge is 0.228 e. The van der Waals surface area contributed by atoms with Crippen LogP contribution >= 0.6 is 0 Å². The van der Waals surface area contributed by atoms with E-state index in [9.17, 15) is 4.79 Å². The number of rotatable bonds is 5. The van der Waals surface area contributed by atoms with Crippen molar-refractivity contribution in [1.29, 1.82) is 0 Å². The highest BCUT2D eigenvalue weighted by Gasteiger charge is 2.34. The van der Waals surface area contributed by atoms with Gasteiger partial charge in [-0.25, -0.2) is 9.97 Å². The third-order valence-electron chi connectivity index (χ3n) is 6.50. The number of aromatic nitrogens is 3. The maximum atomic E-state index is 12.8. The quantitative estimate of drug-likeness (QED) is 0.779. The maximum absolute atomic E-state index is 12.8. The molecular weight excluding hydrogens is 362 g/mol. The molecular formula is C23H29N5O. The lowest BCUT2D eigenvalue weighted by Gasteiger charge is -2.36. The molecule has 0 unspecified atom stereocenters. The van der Waals surface area contributed by atoms with Crippen LogP contribution in [-0.2, 0) is 17.8 Å². The van der Waals surface area contributed by atoms with Gasteiger partial charge >= 0.3 is 0 Å². The Kier molecular flexibility index (Phi) is 5.04. The Labute approximate surface area is 172 Å². The van der Waals surface area contributed by atoms with Crippen LogP contribution in [0.4, 0.5) is 5.82 Å². The molecule has 2 aromatic heterocycles. The average Bonchev–Trinajstić information content (AvgIpc) is 3.55. The van der Waals surface area contributed by atoms with Gasteiger partial charge in [0.1, 0.15) is 11.6 Å². The summed E-state index contributed by atoms with van der Waals surface area (Å²) in [5.41, 5.74) is 3.04. The predicted molar refractivity (Wildman–Crippen MR) is 111 cm³/mol. The van der Waals surface area contributed by atoms with Crippen molar-refractivity contribution in [3.8, 4) is 0 Å². The topological polar surface area (TPSA) is 62.2 Å². The molecule has 0 radical (unpaired) electrons. The lowest BCUT2D eigenvalue weighted by atomic mass is 9.99. The lowest BCUT2D eigenvalue weighted by Crippen LogP contribution is -2.39. The highest BCUT2D eigenvalue weighted by atomic mass is 16.2. The fraction of sp³-hybridized carbons (Fsp3) is 0.565. The predicted octanol–water partition coefficient (Wildman–Crippen LogP) is 3.60. The first-order valence-electron chi connectivity index (χ1n) is 11.0. The van der Waals surface area contributed by atoms with E-state index in [1.54, 1.807) is 6.20 Å². The molecule has 1 saturated carbocycles. The minimum absolute atomic E-state index is 0.130.